The molecule has 178 valence electrons. The number of carbonyl (C=O) groups excluding carboxylic acids is 1. The molecular weight excluding hydrogens is 448 g/mol. The fraction of sp³-hybridized carbons (Fsp3) is 0.148. The average Bonchev–Trinajstić information content (AvgIpc) is 2.87. The predicted octanol–water partition coefficient (Wildman–Crippen LogP) is 4.92. The van der Waals surface area contributed by atoms with Crippen LogP contribution in [0.5, 0.6) is 17.2 Å². The van der Waals surface area contributed by atoms with E-state index in [4.69, 9.17) is 19.3 Å². The van der Waals surface area contributed by atoms with Gasteiger partial charge in [-0.15, -0.1) is 0 Å². The summed E-state index contributed by atoms with van der Waals surface area (Å²) in [6.07, 6.45) is 1.45. The number of rotatable bonds is 10. The van der Waals surface area contributed by atoms with E-state index in [2.05, 4.69) is 5.32 Å². The Morgan fingerprint density at radius 3 is 2.46 bits per heavy atom. The van der Waals surface area contributed by atoms with E-state index in [1.807, 2.05) is 13.0 Å². The Labute approximate surface area is 203 Å². The minimum absolute atomic E-state index is 0.0832. The van der Waals surface area contributed by atoms with E-state index in [-0.39, 0.29) is 17.7 Å². The van der Waals surface area contributed by atoms with Gasteiger partial charge in [0.2, 0.25) is 0 Å². The maximum absolute atomic E-state index is 12.6. The topological polar surface area (TPSA) is 118 Å². The zero-order valence-electron chi connectivity index (χ0n) is 19.3. The number of aromatic carboxylic acids is 1. The number of anilines is 1. The smallest absolute Gasteiger partial charge is 0.335 e. The molecule has 3 aromatic rings. The molecule has 0 aliphatic carbocycles. The van der Waals surface area contributed by atoms with Gasteiger partial charge in [-0.25, -0.2) is 4.79 Å². The summed E-state index contributed by atoms with van der Waals surface area (Å²) >= 11 is 0. The van der Waals surface area contributed by atoms with Crippen molar-refractivity contribution < 1.29 is 28.9 Å². The van der Waals surface area contributed by atoms with Gasteiger partial charge in [0.15, 0.2) is 11.5 Å². The normalized spacial score (nSPS) is 10.7. The van der Waals surface area contributed by atoms with Gasteiger partial charge in [-0.05, 0) is 72.7 Å². The molecule has 0 radical (unpaired) electrons. The monoisotopic (exact) mass is 472 g/mol. The zero-order chi connectivity index (χ0) is 25.2. The third kappa shape index (κ3) is 6.85. The van der Waals surface area contributed by atoms with Gasteiger partial charge >= 0.3 is 5.97 Å². The van der Waals surface area contributed by atoms with Gasteiger partial charge in [0.1, 0.15) is 24.0 Å². The highest BCUT2D eigenvalue weighted by Gasteiger charge is 2.12. The van der Waals surface area contributed by atoms with Crippen molar-refractivity contribution in [3.05, 3.63) is 89.0 Å². The fourth-order valence-corrected chi connectivity index (χ4v) is 3.16. The first kappa shape index (κ1) is 24.9. The highest BCUT2D eigenvalue weighted by Crippen LogP contribution is 2.30. The second-order valence-corrected chi connectivity index (χ2v) is 7.29. The molecule has 3 rings (SSSR count). The number of carboxylic acids is 1. The lowest BCUT2D eigenvalue weighted by Gasteiger charge is -2.12. The molecule has 8 heteroatoms. The van der Waals surface area contributed by atoms with Crippen molar-refractivity contribution in [2.75, 3.05) is 19.0 Å². The van der Waals surface area contributed by atoms with Crippen LogP contribution in [0.3, 0.4) is 0 Å². The molecule has 2 N–H and O–H groups in total. The number of hydrogen-bond donors (Lipinski definition) is 2. The molecule has 0 aliphatic heterocycles. The Morgan fingerprint density at radius 1 is 1.03 bits per heavy atom. The molecule has 0 atom stereocenters. The Hall–Kier alpha value is -4.77. The van der Waals surface area contributed by atoms with Crippen molar-refractivity contribution in [2.24, 2.45) is 0 Å². The number of carbonyl (C=O) groups is 2. The first-order valence-corrected chi connectivity index (χ1v) is 10.7. The minimum atomic E-state index is -1.01. The second kappa shape index (κ2) is 11.9. The number of methoxy groups -OCH3 is 1. The van der Waals surface area contributed by atoms with E-state index in [9.17, 15) is 14.9 Å². The van der Waals surface area contributed by atoms with Gasteiger partial charge in [0.25, 0.3) is 5.91 Å². The summed E-state index contributed by atoms with van der Waals surface area (Å²) in [4.78, 5) is 23.7. The van der Waals surface area contributed by atoms with Crippen LogP contribution < -0.4 is 19.5 Å². The molecule has 1 amide bonds. The molecule has 0 unspecified atom stereocenters. The van der Waals surface area contributed by atoms with Crippen molar-refractivity contribution in [1.29, 1.82) is 5.26 Å². The molecule has 35 heavy (non-hydrogen) atoms. The molecule has 0 saturated carbocycles. The number of nitrogens with zero attached hydrogens (tertiary/aromatic N) is 1. The second-order valence-electron chi connectivity index (χ2n) is 7.29. The van der Waals surface area contributed by atoms with Crippen LogP contribution in [0.4, 0.5) is 5.69 Å². The maximum Gasteiger partial charge on any atom is 0.335 e. The van der Waals surface area contributed by atoms with E-state index < -0.39 is 11.9 Å². The fourth-order valence-electron chi connectivity index (χ4n) is 3.16. The van der Waals surface area contributed by atoms with Crippen LogP contribution in [0.1, 0.15) is 28.4 Å². The summed E-state index contributed by atoms with van der Waals surface area (Å²) in [6.45, 7) is 2.56. The van der Waals surface area contributed by atoms with Crippen LogP contribution in [-0.4, -0.2) is 30.7 Å². The third-order valence-electron chi connectivity index (χ3n) is 4.86. The summed E-state index contributed by atoms with van der Waals surface area (Å²) in [5.74, 6) is -0.0414. The van der Waals surface area contributed by atoms with Crippen LogP contribution >= 0.6 is 0 Å². The van der Waals surface area contributed by atoms with Crippen molar-refractivity contribution in [3.63, 3.8) is 0 Å². The van der Waals surface area contributed by atoms with Crippen molar-refractivity contribution in [2.45, 2.75) is 13.5 Å². The predicted molar refractivity (Wildman–Crippen MR) is 131 cm³/mol. The van der Waals surface area contributed by atoms with E-state index in [0.29, 0.717) is 40.7 Å². The van der Waals surface area contributed by atoms with Crippen LogP contribution in [0.25, 0.3) is 6.08 Å². The lowest BCUT2D eigenvalue weighted by atomic mass is 10.1. The third-order valence-corrected chi connectivity index (χ3v) is 4.86. The van der Waals surface area contributed by atoms with Gasteiger partial charge in [-0.3, -0.25) is 4.79 Å². The number of benzene rings is 3. The van der Waals surface area contributed by atoms with Gasteiger partial charge in [0, 0.05) is 5.69 Å². The Morgan fingerprint density at radius 2 is 1.80 bits per heavy atom. The van der Waals surface area contributed by atoms with E-state index in [1.165, 1.54) is 25.3 Å². The number of nitrogens with one attached hydrogen (secondary N) is 1. The molecule has 0 spiro atoms. The number of carboxylic acid groups (broad SMARTS) is 1. The summed E-state index contributed by atoms with van der Waals surface area (Å²) < 4.78 is 16.6. The van der Waals surface area contributed by atoms with Gasteiger partial charge in [0.05, 0.1) is 19.3 Å². The molecule has 3 aromatic carbocycles. The number of hydrogen-bond acceptors (Lipinski definition) is 6. The molecular formula is C27H24N2O6. The maximum atomic E-state index is 12.6. The molecule has 0 saturated heterocycles. The van der Waals surface area contributed by atoms with E-state index in [0.717, 1.165) is 0 Å². The zero-order valence-corrected chi connectivity index (χ0v) is 19.3. The van der Waals surface area contributed by atoms with Gasteiger partial charge in [-0.2, -0.15) is 5.26 Å². The molecule has 0 aliphatic rings. The number of ether oxygens (including phenoxy) is 3. The SMILES string of the molecule is CCOc1ccc(NC(=O)/C(C#N)=C\c2ccc(OCc3cccc(C(=O)O)c3)c(OC)c2)cc1. The molecule has 0 aromatic heterocycles. The first-order valence-electron chi connectivity index (χ1n) is 10.7. The van der Waals surface area contributed by atoms with Crippen LogP contribution in [0, 0.1) is 11.3 Å². The minimum Gasteiger partial charge on any atom is -0.494 e. The van der Waals surface area contributed by atoms with Crippen LogP contribution in [0.15, 0.2) is 72.3 Å². The quantitative estimate of drug-likeness (QED) is 0.318. The van der Waals surface area contributed by atoms with Crippen LogP contribution in [-0.2, 0) is 11.4 Å². The molecule has 8 nitrogen and oxygen atoms in total. The van der Waals surface area contributed by atoms with Crippen LogP contribution in [0.2, 0.25) is 0 Å². The highest BCUT2D eigenvalue weighted by molar-refractivity contribution is 6.09. The van der Waals surface area contributed by atoms with E-state index in [1.54, 1.807) is 54.6 Å². The Kier molecular flexibility index (Phi) is 8.46. The molecule has 0 bridgehead atoms. The van der Waals surface area contributed by atoms with E-state index >= 15 is 0 Å². The van der Waals surface area contributed by atoms with Crippen molar-refractivity contribution in [3.8, 4) is 23.3 Å². The van der Waals surface area contributed by atoms with Crippen molar-refractivity contribution >= 4 is 23.6 Å². The molecule has 0 fully saturated rings. The number of amides is 1. The highest BCUT2D eigenvalue weighted by atomic mass is 16.5. The standard InChI is InChI=1S/C27H24N2O6/c1-3-34-23-10-8-22(9-11-23)29-26(30)21(16-28)13-18-7-12-24(25(15-18)33-2)35-17-19-5-4-6-20(14-19)27(31)32/h4-15H,3,17H2,1-2H3,(H,29,30)(H,31,32)/b21-13-. The summed E-state index contributed by atoms with van der Waals surface area (Å²) in [6, 6.07) is 20.2. The lowest BCUT2D eigenvalue weighted by Crippen LogP contribution is -2.13. The number of nitriles is 1. The average molecular weight is 472 g/mol. The van der Waals surface area contributed by atoms with Gasteiger partial charge in [-0.1, -0.05) is 18.2 Å². The first-order chi connectivity index (χ1) is 16.9. The van der Waals surface area contributed by atoms with Gasteiger partial charge < -0.3 is 24.6 Å². The summed E-state index contributed by atoms with van der Waals surface area (Å²) in [7, 11) is 1.48. The largest absolute Gasteiger partial charge is 0.494 e. The summed E-state index contributed by atoms with van der Waals surface area (Å²) in [5.41, 5.74) is 1.88. The lowest BCUT2D eigenvalue weighted by molar-refractivity contribution is -0.112. The summed E-state index contributed by atoms with van der Waals surface area (Å²) in [5, 5.41) is 21.3. The Bertz CT molecular complexity index is 1280. The van der Waals surface area contributed by atoms with Crippen molar-refractivity contribution in [1.82, 2.24) is 0 Å². The Balaban J connectivity index is 1.72. The molecule has 0 heterocycles.